The molecule has 0 aromatic rings. The number of carbonyl (C=O) groups is 1. The van der Waals surface area contributed by atoms with Crippen LogP contribution in [0.4, 0.5) is 0 Å². The van der Waals surface area contributed by atoms with Gasteiger partial charge in [-0.2, -0.15) is 0 Å². The summed E-state index contributed by atoms with van der Waals surface area (Å²) in [7, 11) is 0. The predicted octanol–water partition coefficient (Wildman–Crippen LogP) is 5.19. The fourth-order valence-corrected chi connectivity index (χ4v) is 3.68. The molecule has 0 radical (unpaired) electrons. The number of hydrogen-bond acceptors (Lipinski definition) is 1. The van der Waals surface area contributed by atoms with Gasteiger partial charge in [0.15, 0.2) is 0 Å². The lowest BCUT2D eigenvalue weighted by Crippen LogP contribution is -2.36. The van der Waals surface area contributed by atoms with Crippen molar-refractivity contribution in [3.8, 4) is 0 Å². The molecule has 2 nitrogen and oxygen atoms in total. The number of hydrogen-bond donors (Lipinski definition) is 0. The standard InChI is InChI=1S/C21H35NO/c1-2-3-4-5-6-7-8-9-19-14-20(19)16-22(15-17-10-11-17)21(23)18-12-13-18/h6-7,17-20H,2-5,8-16H2,1H3/b7-6-/t19-,20-/m0/s1. The van der Waals surface area contributed by atoms with E-state index in [2.05, 4.69) is 24.0 Å². The van der Waals surface area contributed by atoms with Crippen molar-refractivity contribution in [1.29, 1.82) is 0 Å². The third kappa shape index (κ3) is 5.97. The van der Waals surface area contributed by atoms with Crippen molar-refractivity contribution < 1.29 is 4.79 Å². The molecular weight excluding hydrogens is 282 g/mol. The van der Waals surface area contributed by atoms with E-state index in [4.69, 9.17) is 0 Å². The van der Waals surface area contributed by atoms with Crippen LogP contribution < -0.4 is 0 Å². The molecule has 0 N–H and O–H groups in total. The molecular formula is C21H35NO. The molecule has 3 saturated carbocycles. The third-order valence-electron chi connectivity index (χ3n) is 5.78. The minimum absolute atomic E-state index is 0.400. The number of nitrogens with zero attached hydrogens (tertiary/aromatic N) is 1. The van der Waals surface area contributed by atoms with Crippen LogP contribution in [0.3, 0.4) is 0 Å². The number of carbonyl (C=O) groups excluding carboxylic acids is 1. The summed E-state index contributed by atoms with van der Waals surface area (Å²) in [6, 6.07) is 0. The second kappa shape index (κ2) is 8.35. The van der Waals surface area contributed by atoms with Gasteiger partial charge in [-0.05, 0) is 75.5 Å². The Morgan fingerprint density at radius 2 is 1.78 bits per heavy atom. The van der Waals surface area contributed by atoms with Crippen molar-refractivity contribution in [2.45, 2.75) is 77.6 Å². The first-order chi connectivity index (χ1) is 11.3. The van der Waals surface area contributed by atoms with E-state index in [0.717, 1.165) is 43.7 Å². The second-order valence-electron chi connectivity index (χ2n) is 8.26. The lowest BCUT2D eigenvalue weighted by molar-refractivity contribution is -0.133. The maximum Gasteiger partial charge on any atom is 0.225 e. The summed E-state index contributed by atoms with van der Waals surface area (Å²) in [6.45, 7) is 4.39. The van der Waals surface area contributed by atoms with Gasteiger partial charge < -0.3 is 4.90 Å². The molecule has 3 aliphatic carbocycles. The van der Waals surface area contributed by atoms with Crippen molar-refractivity contribution in [2.75, 3.05) is 13.1 Å². The minimum atomic E-state index is 0.400. The molecule has 3 aliphatic rings. The van der Waals surface area contributed by atoms with E-state index in [-0.39, 0.29) is 0 Å². The quantitative estimate of drug-likeness (QED) is 0.358. The molecule has 0 saturated heterocycles. The zero-order valence-corrected chi connectivity index (χ0v) is 15.0. The number of amides is 1. The minimum Gasteiger partial charge on any atom is -0.342 e. The third-order valence-corrected chi connectivity index (χ3v) is 5.78. The van der Waals surface area contributed by atoms with Crippen molar-refractivity contribution in [1.82, 2.24) is 4.90 Å². The average molecular weight is 318 g/mol. The smallest absolute Gasteiger partial charge is 0.225 e. The van der Waals surface area contributed by atoms with Gasteiger partial charge in [0.2, 0.25) is 5.91 Å². The molecule has 0 heterocycles. The van der Waals surface area contributed by atoms with Crippen LogP contribution in [0.25, 0.3) is 0 Å². The van der Waals surface area contributed by atoms with Crippen molar-refractivity contribution in [3.05, 3.63) is 12.2 Å². The SMILES string of the molecule is CCCCC/C=C\CC[C@H]1C[C@H]1CN(CC1CC1)C(=O)C1CC1. The first kappa shape index (κ1) is 17.0. The Morgan fingerprint density at radius 3 is 2.48 bits per heavy atom. The van der Waals surface area contributed by atoms with Gasteiger partial charge in [-0.25, -0.2) is 0 Å². The van der Waals surface area contributed by atoms with E-state index in [0.29, 0.717) is 11.8 Å². The van der Waals surface area contributed by atoms with Crippen molar-refractivity contribution in [3.63, 3.8) is 0 Å². The molecule has 1 amide bonds. The highest BCUT2D eigenvalue weighted by Gasteiger charge is 2.42. The summed E-state index contributed by atoms with van der Waals surface area (Å²) in [5, 5.41) is 0. The van der Waals surface area contributed by atoms with E-state index in [9.17, 15) is 4.79 Å². The predicted molar refractivity (Wildman–Crippen MR) is 96.1 cm³/mol. The molecule has 0 unspecified atom stereocenters. The Labute approximate surface area is 142 Å². The van der Waals surface area contributed by atoms with Gasteiger partial charge in [0.1, 0.15) is 0 Å². The Morgan fingerprint density at radius 1 is 1.00 bits per heavy atom. The molecule has 0 aromatic heterocycles. The highest BCUT2D eigenvalue weighted by Crippen LogP contribution is 2.44. The molecule has 23 heavy (non-hydrogen) atoms. The van der Waals surface area contributed by atoms with Crippen LogP contribution in [0.2, 0.25) is 0 Å². The van der Waals surface area contributed by atoms with Crippen molar-refractivity contribution >= 4 is 5.91 Å². The van der Waals surface area contributed by atoms with Gasteiger partial charge in [0, 0.05) is 19.0 Å². The monoisotopic (exact) mass is 317 g/mol. The van der Waals surface area contributed by atoms with Crippen LogP contribution in [-0.4, -0.2) is 23.9 Å². The lowest BCUT2D eigenvalue weighted by atomic mass is 10.1. The fraction of sp³-hybridized carbons (Fsp3) is 0.857. The molecule has 0 spiro atoms. The van der Waals surface area contributed by atoms with E-state index >= 15 is 0 Å². The molecule has 0 aliphatic heterocycles. The molecule has 2 heteroatoms. The zero-order chi connectivity index (χ0) is 16.1. The van der Waals surface area contributed by atoms with Gasteiger partial charge >= 0.3 is 0 Å². The summed E-state index contributed by atoms with van der Waals surface area (Å²) in [4.78, 5) is 14.7. The van der Waals surface area contributed by atoms with Gasteiger partial charge in [-0.15, -0.1) is 0 Å². The number of allylic oxidation sites excluding steroid dienone is 2. The normalized spacial score (nSPS) is 26.7. The average Bonchev–Trinajstić information content (AvgIpc) is 3.39. The summed E-state index contributed by atoms with van der Waals surface area (Å²) in [5.74, 6) is 3.42. The van der Waals surface area contributed by atoms with Crippen LogP contribution >= 0.6 is 0 Å². The fourth-order valence-electron chi connectivity index (χ4n) is 3.68. The van der Waals surface area contributed by atoms with Gasteiger partial charge in [0.05, 0.1) is 0 Å². The van der Waals surface area contributed by atoms with Gasteiger partial charge in [0.25, 0.3) is 0 Å². The summed E-state index contributed by atoms with van der Waals surface area (Å²) < 4.78 is 0. The van der Waals surface area contributed by atoms with Crippen LogP contribution in [-0.2, 0) is 4.79 Å². The Bertz CT molecular complexity index is 408. The summed E-state index contributed by atoms with van der Waals surface area (Å²) >= 11 is 0. The maximum absolute atomic E-state index is 12.4. The molecule has 2 atom stereocenters. The van der Waals surface area contributed by atoms with Crippen LogP contribution in [0, 0.1) is 23.7 Å². The molecule has 130 valence electrons. The number of rotatable bonds is 12. The Kier molecular flexibility index (Phi) is 6.19. The van der Waals surface area contributed by atoms with E-state index in [1.165, 1.54) is 57.8 Å². The molecule has 0 aromatic carbocycles. The topological polar surface area (TPSA) is 20.3 Å². The highest BCUT2D eigenvalue weighted by atomic mass is 16.2. The van der Waals surface area contributed by atoms with Gasteiger partial charge in [-0.1, -0.05) is 31.9 Å². The van der Waals surface area contributed by atoms with E-state index in [1.807, 2.05) is 0 Å². The maximum atomic E-state index is 12.4. The van der Waals surface area contributed by atoms with E-state index < -0.39 is 0 Å². The van der Waals surface area contributed by atoms with Gasteiger partial charge in [-0.3, -0.25) is 4.79 Å². The summed E-state index contributed by atoms with van der Waals surface area (Å²) in [6.07, 6.45) is 19.0. The molecule has 0 bridgehead atoms. The largest absolute Gasteiger partial charge is 0.342 e. The molecule has 3 rings (SSSR count). The summed E-state index contributed by atoms with van der Waals surface area (Å²) in [5.41, 5.74) is 0. The lowest BCUT2D eigenvalue weighted by Gasteiger charge is -2.23. The second-order valence-corrected chi connectivity index (χ2v) is 8.26. The number of unbranched alkanes of at least 4 members (excludes halogenated alkanes) is 3. The highest BCUT2D eigenvalue weighted by molar-refractivity contribution is 5.81. The Hall–Kier alpha value is -0.790. The van der Waals surface area contributed by atoms with Crippen LogP contribution in [0.5, 0.6) is 0 Å². The van der Waals surface area contributed by atoms with E-state index in [1.54, 1.807) is 0 Å². The van der Waals surface area contributed by atoms with Crippen molar-refractivity contribution in [2.24, 2.45) is 23.7 Å². The Balaban J connectivity index is 1.30. The molecule has 3 fully saturated rings. The van der Waals surface area contributed by atoms with Crippen LogP contribution in [0.1, 0.15) is 77.6 Å². The first-order valence-corrected chi connectivity index (χ1v) is 10.2. The zero-order valence-electron chi connectivity index (χ0n) is 15.0. The van der Waals surface area contributed by atoms with Crippen LogP contribution in [0.15, 0.2) is 12.2 Å². The first-order valence-electron chi connectivity index (χ1n) is 10.2.